The molecule has 124 valence electrons. The van der Waals surface area contributed by atoms with Gasteiger partial charge in [-0.05, 0) is 45.4 Å². The highest BCUT2D eigenvalue weighted by molar-refractivity contribution is 7.20. The molecule has 3 aromatic rings. The van der Waals surface area contributed by atoms with Crippen LogP contribution in [-0.2, 0) is 4.74 Å². The average molecular weight is 341 g/mol. The van der Waals surface area contributed by atoms with E-state index in [0.29, 0.717) is 23.1 Å². The van der Waals surface area contributed by atoms with Crippen molar-refractivity contribution in [3.63, 3.8) is 0 Å². The van der Waals surface area contributed by atoms with Crippen LogP contribution in [0, 0.1) is 20.8 Å². The summed E-state index contributed by atoms with van der Waals surface area (Å²) in [6, 6.07) is 8.09. The van der Waals surface area contributed by atoms with Gasteiger partial charge in [0.25, 0.3) is 0 Å². The average Bonchev–Trinajstić information content (AvgIpc) is 2.86. The van der Waals surface area contributed by atoms with Gasteiger partial charge in [-0.3, -0.25) is 0 Å². The predicted octanol–water partition coefficient (Wildman–Crippen LogP) is 4.54. The van der Waals surface area contributed by atoms with Crippen molar-refractivity contribution >= 4 is 39.0 Å². The van der Waals surface area contributed by atoms with Crippen LogP contribution in [0.15, 0.2) is 24.3 Å². The molecule has 0 radical (unpaired) electrons. The lowest BCUT2D eigenvalue weighted by molar-refractivity contribution is 0.0531. The molecule has 2 aromatic heterocycles. The molecule has 1 N–H and O–H groups in total. The number of ether oxygens (including phenoxy) is 1. The highest BCUT2D eigenvalue weighted by Gasteiger charge is 2.21. The van der Waals surface area contributed by atoms with Gasteiger partial charge in [0.2, 0.25) is 0 Å². The van der Waals surface area contributed by atoms with Crippen molar-refractivity contribution < 1.29 is 9.53 Å². The summed E-state index contributed by atoms with van der Waals surface area (Å²) in [5.41, 5.74) is 2.99. The van der Waals surface area contributed by atoms with Gasteiger partial charge in [-0.25, -0.2) is 14.8 Å². The van der Waals surface area contributed by atoms with E-state index in [1.54, 1.807) is 6.92 Å². The van der Waals surface area contributed by atoms with Crippen molar-refractivity contribution in [2.24, 2.45) is 0 Å². The topological polar surface area (TPSA) is 64.1 Å². The van der Waals surface area contributed by atoms with Crippen molar-refractivity contribution in [1.29, 1.82) is 0 Å². The van der Waals surface area contributed by atoms with E-state index in [2.05, 4.69) is 15.3 Å². The Morgan fingerprint density at radius 3 is 2.54 bits per heavy atom. The van der Waals surface area contributed by atoms with Crippen molar-refractivity contribution in [2.75, 3.05) is 11.9 Å². The van der Waals surface area contributed by atoms with Crippen molar-refractivity contribution in [1.82, 2.24) is 9.97 Å². The van der Waals surface area contributed by atoms with E-state index >= 15 is 0 Å². The van der Waals surface area contributed by atoms with Gasteiger partial charge in [-0.15, -0.1) is 11.3 Å². The molecule has 24 heavy (non-hydrogen) atoms. The molecule has 2 heterocycles. The molecule has 1 aromatic carbocycles. The highest BCUT2D eigenvalue weighted by Crippen LogP contribution is 2.35. The van der Waals surface area contributed by atoms with Crippen LogP contribution in [0.3, 0.4) is 0 Å². The molecule has 0 bridgehead atoms. The molecule has 6 heteroatoms. The number of hydrogen-bond donors (Lipinski definition) is 1. The summed E-state index contributed by atoms with van der Waals surface area (Å²) < 4.78 is 5.14. The van der Waals surface area contributed by atoms with Crippen molar-refractivity contribution in [2.45, 2.75) is 27.7 Å². The summed E-state index contributed by atoms with van der Waals surface area (Å²) in [5.74, 6) is 1.07. The molecule has 0 amide bonds. The quantitative estimate of drug-likeness (QED) is 0.706. The minimum atomic E-state index is -0.308. The third-order valence-electron chi connectivity index (χ3n) is 3.68. The van der Waals surface area contributed by atoms with E-state index < -0.39 is 0 Å². The molecule has 0 spiro atoms. The summed E-state index contributed by atoms with van der Waals surface area (Å²) in [6.45, 7) is 7.95. The Balaban J connectivity index is 2.09. The summed E-state index contributed by atoms with van der Waals surface area (Å²) >= 11 is 1.35. The number of fused-ring (bicyclic) bond motifs is 1. The van der Waals surface area contributed by atoms with Gasteiger partial charge in [0.15, 0.2) is 0 Å². The van der Waals surface area contributed by atoms with Crippen LogP contribution in [0.2, 0.25) is 0 Å². The van der Waals surface area contributed by atoms with E-state index in [1.807, 2.05) is 45.0 Å². The first-order valence-corrected chi connectivity index (χ1v) is 8.59. The lowest BCUT2D eigenvalue weighted by Gasteiger charge is -2.09. The number of benzene rings is 1. The third-order valence-corrected chi connectivity index (χ3v) is 4.84. The van der Waals surface area contributed by atoms with Gasteiger partial charge in [0, 0.05) is 5.69 Å². The zero-order chi connectivity index (χ0) is 17.3. The first-order valence-electron chi connectivity index (χ1n) is 7.78. The first kappa shape index (κ1) is 16.4. The second-order valence-corrected chi connectivity index (χ2v) is 6.57. The summed E-state index contributed by atoms with van der Waals surface area (Å²) in [7, 11) is 0. The number of nitrogens with one attached hydrogen (secondary N) is 1. The second kappa shape index (κ2) is 6.57. The Bertz CT molecular complexity index is 901. The molecule has 0 saturated heterocycles. The van der Waals surface area contributed by atoms with Crippen LogP contribution >= 0.6 is 11.3 Å². The van der Waals surface area contributed by atoms with E-state index in [4.69, 9.17) is 4.74 Å². The number of carbonyl (C=O) groups excluding carboxylic acids is 1. The van der Waals surface area contributed by atoms with E-state index in [-0.39, 0.29) is 5.97 Å². The molecule has 0 aliphatic heterocycles. The van der Waals surface area contributed by atoms with Gasteiger partial charge in [0.05, 0.1) is 12.0 Å². The number of carbonyl (C=O) groups is 1. The summed E-state index contributed by atoms with van der Waals surface area (Å²) in [4.78, 5) is 22.5. The third kappa shape index (κ3) is 3.10. The number of rotatable bonds is 4. The number of anilines is 2. The highest BCUT2D eigenvalue weighted by atomic mass is 32.1. The van der Waals surface area contributed by atoms with Gasteiger partial charge >= 0.3 is 5.97 Å². The maximum absolute atomic E-state index is 12.1. The molecular weight excluding hydrogens is 322 g/mol. The molecule has 0 fully saturated rings. The number of nitrogens with zero attached hydrogens (tertiary/aromatic N) is 2. The predicted molar refractivity (Wildman–Crippen MR) is 97.3 cm³/mol. The molecule has 5 nitrogen and oxygen atoms in total. The number of esters is 1. The minimum absolute atomic E-state index is 0.308. The molecule has 0 unspecified atom stereocenters. The van der Waals surface area contributed by atoms with Crippen LogP contribution in [0.4, 0.5) is 11.5 Å². The lowest BCUT2D eigenvalue weighted by Crippen LogP contribution is -2.03. The zero-order valence-electron chi connectivity index (χ0n) is 14.1. The summed E-state index contributed by atoms with van der Waals surface area (Å²) in [5, 5.41) is 4.21. The fraction of sp³-hybridized carbons (Fsp3) is 0.278. The Labute approximate surface area is 144 Å². The Kier molecular flexibility index (Phi) is 4.49. The van der Waals surface area contributed by atoms with Gasteiger partial charge in [0.1, 0.15) is 21.3 Å². The zero-order valence-corrected chi connectivity index (χ0v) is 15.0. The van der Waals surface area contributed by atoms with Crippen molar-refractivity contribution in [3.05, 3.63) is 46.1 Å². The molecule has 0 aliphatic carbocycles. The van der Waals surface area contributed by atoms with E-state index in [0.717, 1.165) is 21.5 Å². The lowest BCUT2D eigenvalue weighted by atomic mass is 10.2. The van der Waals surface area contributed by atoms with Gasteiger partial charge < -0.3 is 10.1 Å². The fourth-order valence-electron chi connectivity index (χ4n) is 2.50. The van der Waals surface area contributed by atoms with Crippen molar-refractivity contribution in [3.8, 4) is 0 Å². The van der Waals surface area contributed by atoms with Crippen LogP contribution in [-0.4, -0.2) is 22.5 Å². The van der Waals surface area contributed by atoms with Gasteiger partial charge in [-0.1, -0.05) is 17.7 Å². The molecule has 0 aliphatic rings. The number of aryl methyl sites for hydroxylation is 3. The molecule has 0 atom stereocenters. The maximum atomic E-state index is 12.1. The Morgan fingerprint density at radius 2 is 1.88 bits per heavy atom. The van der Waals surface area contributed by atoms with Crippen LogP contribution in [0.25, 0.3) is 10.2 Å². The molecule has 0 saturated carbocycles. The maximum Gasteiger partial charge on any atom is 0.348 e. The second-order valence-electron chi connectivity index (χ2n) is 5.57. The van der Waals surface area contributed by atoms with Crippen LogP contribution in [0.1, 0.15) is 33.5 Å². The van der Waals surface area contributed by atoms with Gasteiger partial charge in [-0.2, -0.15) is 0 Å². The fourth-order valence-corrected chi connectivity index (χ4v) is 3.62. The molecular formula is C18H19N3O2S. The number of thiophene rings is 1. The normalized spacial score (nSPS) is 10.8. The Morgan fingerprint density at radius 1 is 1.17 bits per heavy atom. The first-order chi connectivity index (χ1) is 11.5. The SMILES string of the molecule is CCOC(=O)c1sc2nc(C)nc(Nc3ccc(C)cc3)c2c1C. The number of aromatic nitrogens is 2. The minimum Gasteiger partial charge on any atom is -0.462 e. The van der Waals surface area contributed by atoms with Crippen LogP contribution < -0.4 is 5.32 Å². The summed E-state index contributed by atoms with van der Waals surface area (Å²) in [6.07, 6.45) is 0. The Hall–Kier alpha value is -2.47. The number of hydrogen-bond acceptors (Lipinski definition) is 6. The van der Waals surface area contributed by atoms with E-state index in [1.165, 1.54) is 16.9 Å². The largest absolute Gasteiger partial charge is 0.462 e. The monoisotopic (exact) mass is 341 g/mol. The standard InChI is InChI=1S/C18H19N3O2S/c1-5-23-18(22)15-11(3)14-16(19-12(4)20-17(14)24-15)21-13-8-6-10(2)7-9-13/h6-9H,5H2,1-4H3,(H,19,20,21). The smallest absolute Gasteiger partial charge is 0.348 e. The molecule has 3 rings (SSSR count). The van der Waals surface area contributed by atoms with Crippen LogP contribution in [0.5, 0.6) is 0 Å². The van der Waals surface area contributed by atoms with E-state index in [9.17, 15) is 4.79 Å².